The number of benzene rings is 5. The Balaban J connectivity index is 1.82. The van der Waals surface area contributed by atoms with Crippen molar-refractivity contribution in [3.8, 4) is 0 Å². The molecule has 0 saturated heterocycles. The van der Waals surface area contributed by atoms with E-state index in [9.17, 15) is 0 Å². The van der Waals surface area contributed by atoms with Crippen LogP contribution in [-0.2, 0) is 6.54 Å². The third-order valence-corrected chi connectivity index (χ3v) is 17.2. The van der Waals surface area contributed by atoms with Gasteiger partial charge in [0.05, 0.1) is 0 Å². The Morgan fingerprint density at radius 1 is 0.514 bits per heavy atom. The number of aromatic nitrogens is 1. The van der Waals surface area contributed by atoms with Gasteiger partial charge in [-0.2, -0.15) is 0 Å². The number of aryl methyl sites for hydroxylation is 1. The maximum atomic E-state index is 4.62. The molecule has 0 aliphatic carbocycles. The van der Waals surface area contributed by atoms with Crippen LogP contribution in [0.25, 0.3) is 21.8 Å². The van der Waals surface area contributed by atoms with Crippen molar-refractivity contribution >= 4 is 63.8 Å². The van der Waals surface area contributed by atoms with Gasteiger partial charge in [-0.3, -0.25) is 0 Å². The third kappa shape index (κ3) is 3.10. The topological polar surface area (TPSA) is 4.93 Å². The first-order valence-corrected chi connectivity index (χ1v) is 16.3. The van der Waals surface area contributed by atoms with Crippen molar-refractivity contribution in [1.82, 2.24) is 4.57 Å². The SMILES string of the molecule is CCn1c2ccccc2c2cc(P(Br)(c3ccccc3)(c3ccccc3)c3ccccc3)ccc21. The zero-order valence-electron chi connectivity index (χ0n) is 19.7. The van der Waals surface area contributed by atoms with E-state index in [2.05, 4.69) is 160 Å². The standard InChI is InChI=1S/C32H27BrNP/c1-2-34-31-21-13-12-20-29(31)30-24-28(22-23-32(30)34)35(33,25-14-6-3-7-15-25,26-16-8-4-9-17-26)27-18-10-5-11-19-27/h3-24H,2H2,1H3. The molecule has 0 aliphatic rings. The predicted octanol–water partition coefficient (Wildman–Crippen LogP) is 7.28. The summed E-state index contributed by atoms with van der Waals surface area (Å²) >= 11 is 4.62. The number of hydrogen-bond acceptors (Lipinski definition) is 0. The van der Waals surface area contributed by atoms with Crippen molar-refractivity contribution in [1.29, 1.82) is 0 Å². The van der Waals surface area contributed by atoms with Crippen LogP contribution >= 0.6 is 20.8 Å². The Hall–Kier alpha value is -3.19. The average Bonchev–Trinajstić information content (AvgIpc) is 3.27. The number of halogens is 1. The summed E-state index contributed by atoms with van der Waals surface area (Å²) < 4.78 is 2.42. The van der Waals surface area contributed by atoms with E-state index in [0.717, 1.165) is 6.54 Å². The maximum absolute atomic E-state index is 4.62. The fourth-order valence-electron chi connectivity index (χ4n) is 5.66. The Bertz CT molecular complexity index is 1540. The van der Waals surface area contributed by atoms with Gasteiger partial charge in [0.2, 0.25) is 0 Å². The Morgan fingerprint density at radius 3 is 1.49 bits per heavy atom. The molecule has 3 heteroatoms. The zero-order chi connectivity index (χ0) is 23.9. The molecule has 0 unspecified atom stereocenters. The van der Waals surface area contributed by atoms with E-state index in [4.69, 9.17) is 0 Å². The van der Waals surface area contributed by atoms with E-state index in [1.807, 2.05) is 0 Å². The second-order valence-corrected chi connectivity index (χ2v) is 17.3. The van der Waals surface area contributed by atoms with Crippen molar-refractivity contribution in [2.75, 3.05) is 0 Å². The second-order valence-electron chi connectivity index (χ2n) is 8.98. The fourth-order valence-corrected chi connectivity index (χ4v) is 13.2. The van der Waals surface area contributed by atoms with Crippen LogP contribution in [0.15, 0.2) is 133 Å². The summed E-state index contributed by atoms with van der Waals surface area (Å²) in [6.07, 6.45) is 0. The van der Waals surface area contributed by atoms with Crippen LogP contribution in [0.2, 0.25) is 0 Å². The average molecular weight is 536 g/mol. The molecule has 1 heterocycles. The van der Waals surface area contributed by atoms with Crippen LogP contribution in [0.4, 0.5) is 0 Å². The molecular formula is C32H27BrNP. The minimum absolute atomic E-state index is 0.942. The molecule has 0 saturated carbocycles. The summed E-state index contributed by atoms with van der Waals surface area (Å²) in [6, 6.07) is 48.9. The van der Waals surface area contributed by atoms with Crippen LogP contribution < -0.4 is 21.2 Å². The van der Waals surface area contributed by atoms with Crippen LogP contribution in [-0.4, -0.2) is 4.57 Å². The van der Waals surface area contributed by atoms with E-state index in [0.29, 0.717) is 0 Å². The molecule has 1 nitrogen and oxygen atoms in total. The van der Waals surface area contributed by atoms with E-state index in [-0.39, 0.29) is 0 Å². The summed E-state index contributed by atoms with van der Waals surface area (Å²) in [5, 5.41) is 4.59. The molecular weight excluding hydrogens is 509 g/mol. The molecule has 6 rings (SSSR count). The molecule has 6 aromatic rings. The van der Waals surface area contributed by atoms with Crippen LogP contribution in [0.1, 0.15) is 6.92 Å². The molecule has 0 spiro atoms. The number of hydrogen-bond donors (Lipinski definition) is 0. The number of para-hydroxylation sites is 1. The van der Waals surface area contributed by atoms with Gasteiger partial charge in [0.1, 0.15) is 0 Å². The molecule has 0 bridgehead atoms. The van der Waals surface area contributed by atoms with Gasteiger partial charge < -0.3 is 0 Å². The number of fused-ring (bicyclic) bond motifs is 3. The number of nitrogens with zero attached hydrogens (tertiary/aromatic N) is 1. The predicted molar refractivity (Wildman–Crippen MR) is 159 cm³/mol. The van der Waals surface area contributed by atoms with Crippen molar-refractivity contribution in [2.24, 2.45) is 0 Å². The Kier molecular flexibility index (Phi) is 5.40. The quantitative estimate of drug-likeness (QED) is 0.204. The summed E-state index contributed by atoms with van der Waals surface area (Å²) in [5.41, 5.74) is 2.57. The molecule has 0 N–H and O–H groups in total. The van der Waals surface area contributed by atoms with Gasteiger partial charge >= 0.3 is 215 Å². The van der Waals surface area contributed by atoms with Crippen molar-refractivity contribution in [3.05, 3.63) is 133 Å². The van der Waals surface area contributed by atoms with Crippen LogP contribution in [0.5, 0.6) is 0 Å². The first kappa shape index (κ1) is 22.3. The second kappa shape index (κ2) is 8.48. The van der Waals surface area contributed by atoms with Gasteiger partial charge in [0, 0.05) is 0 Å². The summed E-state index contributed by atoms with van der Waals surface area (Å²) in [4.78, 5) is 0. The van der Waals surface area contributed by atoms with Gasteiger partial charge in [-0.05, 0) is 0 Å². The zero-order valence-corrected chi connectivity index (χ0v) is 22.2. The van der Waals surface area contributed by atoms with Gasteiger partial charge in [0.25, 0.3) is 0 Å². The molecule has 0 amide bonds. The summed E-state index contributed by atoms with van der Waals surface area (Å²) in [6.45, 7) is 3.17. The Labute approximate surface area is 214 Å². The normalized spacial score (nSPS) is 13.0. The molecule has 5 aromatic carbocycles. The number of rotatable bonds is 5. The third-order valence-electron chi connectivity index (χ3n) is 7.28. The van der Waals surface area contributed by atoms with Gasteiger partial charge in [0.15, 0.2) is 0 Å². The fraction of sp³-hybridized carbons (Fsp3) is 0.0625. The molecule has 35 heavy (non-hydrogen) atoms. The molecule has 172 valence electrons. The first-order valence-electron chi connectivity index (χ1n) is 12.1. The van der Waals surface area contributed by atoms with E-state index >= 15 is 0 Å². The van der Waals surface area contributed by atoms with E-state index < -0.39 is 5.31 Å². The summed E-state index contributed by atoms with van der Waals surface area (Å²) in [7, 11) is 0. The van der Waals surface area contributed by atoms with Crippen LogP contribution in [0, 0.1) is 0 Å². The molecule has 1 aromatic heterocycles. The van der Waals surface area contributed by atoms with Gasteiger partial charge in [-0.15, -0.1) is 0 Å². The van der Waals surface area contributed by atoms with Crippen molar-refractivity contribution in [2.45, 2.75) is 13.5 Å². The minimum atomic E-state index is -3.23. The molecule has 0 radical (unpaired) electrons. The molecule has 0 fully saturated rings. The van der Waals surface area contributed by atoms with Crippen molar-refractivity contribution in [3.63, 3.8) is 0 Å². The monoisotopic (exact) mass is 535 g/mol. The Morgan fingerprint density at radius 2 is 0.971 bits per heavy atom. The van der Waals surface area contributed by atoms with Crippen LogP contribution in [0.3, 0.4) is 0 Å². The molecule has 0 aliphatic heterocycles. The van der Waals surface area contributed by atoms with Gasteiger partial charge in [-0.25, -0.2) is 0 Å². The van der Waals surface area contributed by atoms with Crippen molar-refractivity contribution < 1.29 is 0 Å². The summed E-state index contributed by atoms with van der Waals surface area (Å²) in [5.74, 6) is 0. The molecule has 0 atom stereocenters. The van der Waals surface area contributed by atoms with Gasteiger partial charge in [-0.1, -0.05) is 0 Å². The van der Waals surface area contributed by atoms with E-state index in [1.165, 1.54) is 43.0 Å². The first-order chi connectivity index (χ1) is 17.2. The van der Waals surface area contributed by atoms with E-state index in [1.54, 1.807) is 0 Å².